The van der Waals surface area contributed by atoms with E-state index in [4.69, 9.17) is 0 Å². The number of thioether (sulfide) groups is 1. The summed E-state index contributed by atoms with van der Waals surface area (Å²) in [5.74, 6) is 2.23. The molecule has 0 aliphatic carbocycles. The number of hydrogen-bond donors (Lipinski definition) is 1. The van der Waals surface area contributed by atoms with Crippen molar-refractivity contribution in [2.45, 2.75) is 12.7 Å². The van der Waals surface area contributed by atoms with Crippen molar-refractivity contribution in [3.8, 4) is 0 Å². The van der Waals surface area contributed by atoms with E-state index in [1.807, 2.05) is 11.8 Å². The fraction of sp³-hybridized carbons (Fsp3) is 0.273. The number of aromatic amines is 1. The van der Waals surface area contributed by atoms with Gasteiger partial charge < -0.3 is 4.98 Å². The lowest BCUT2D eigenvalue weighted by Crippen LogP contribution is -1.78. The van der Waals surface area contributed by atoms with Crippen LogP contribution in [-0.4, -0.2) is 10.7 Å². The lowest BCUT2D eigenvalue weighted by atomic mass is 10.2. The number of fused-ring (bicyclic) bond motifs is 1. The summed E-state index contributed by atoms with van der Waals surface area (Å²) in [6, 6.07) is 8.47. The molecule has 0 unspecified atom stereocenters. The van der Waals surface area contributed by atoms with Crippen molar-refractivity contribution in [1.82, 2.24) is 4.98 Å². The highest BCUT2D eigenvalue weighted by Crippen LogP contribution is 2.25. The van der Waals surface area contributed by atoms with E-state index in [0.29, 0.717) is 0 Å². The van der Waals surface area contributed by atoms with Crippen molar-refractivity contribution in [2.24, 2.45) is 0 Å². The molecule has 1 nitrogen and oxygen atoms in total. The molecule has 14 heavy (non-hydrogen) atoms. The van der Waals surface area contributed by atoms with E-state index in [1.54, 1.807) is 0 Å². The Labute approximate surface area is 96.4 Å². The second kappa shape index (κ2) is 4.41. The van der Waals surface area contributed by atoms with E-state index < -0.39 is 0 Å². The molecule has 1 aromatic carbocycles. The molecule has 1 aromatic heterocycles. The van der Waals surface area contributed by atoms with Crippen molar-refractivity contribution in [2.75, 3.05) is 5.75 Å². The fourth-order valence-corrected chi connectivity index (χ4v) is 2.53. The molecule has 1 N–H and O–H groups in total. The van der Waals surface area contributed by atoms with Gasteiger partial charge in [0, 0.05) is 26.8 Å². The molecule has 0 spiro atoms. The minimum atomic E-state index is 1.07. The van der Waals surface area contributed by atoms with Crippen LogP contribution in [0.3, 0.4) is 0 Å². The van der Waals surface area contributed by atoms with Crippen LogP contribution in [-0.2, 0) is 5.75 Å². The highest BCUT2D eigenvalue weighted by Gasteiger charge is 2.02. The number of aromatic nitrogens is 1. The first-order valence-corrected chi connectivity index (χ1v) is 6.60. The largest absolute Gasteiger partial charge is 0.358 e. The maximum absolute atomic E-state index is 3.55. The SMILES string of the molecule is CCSCc1cc2c(Br)cccc2[nH]1. The van der Waals surface area contributed by atoms with Gasteiger partial charge in [0.25, 0.3) is 0 Å². The van der Waals surface area contributed by atoms with E-state index in [9.17, 15) is 0 Å². The highest BCUT2D eigenvalue weighted by molar-refractivity contribution is 9.10. The van der Waals surface area contributed by atoms with Crippen LogP contribution in [0.25, 0.3) is 10.9 Å². The number of H-pyrrole nitrogens is 1. The lowest BCUT2D eigenvalue weighted by Gasteiger charge is -1.92. The first-order valence-electron chi connectivity index (χ1n) is 4.65. The fourth-order valence-electron chi connectivity index (χ4n) is 1.47. The maximum atomic E-state index is 3.55. The van der Waals surface area contributed by atoms with Gasteiger partial charge in [-0.2, -0.15) is 11.8 Å². The van der Waals surface area contributed by atoms with Crippen molar-refractivity contribution in [1.29, 1.82) is 0 Å². The van der Waals surface area contributed by atoms with Gasteiger partial charge in [0.15, 0.2) is 0 Å². The van der Waals surface area contributed by atoms with Crippen LogP contribution in [0, 0.1) is 0 Å². The van der Waals surface area contributed by atoms with Crippen molar-refractivity contribution >= 4 is 38.6 Å². The molecule has 2 rings (SSSR count). The predicted molar refractivity (Wildman–Crippen MR) is 67.8 cm³/mol. The molecule has 0 amide bonds. The van der Waals surface area contributed by atoms with Crippen molar-refractivity contribution in [3.63, 3.8) is 0 Å². The minimum absolute atomic E-state index is 1.07. The van der Waals surface area contributed by atoms with Gasteiger partial charge in [-0.25, -0.2) is 0 Å². The zero-order chi connectivity index (χ0) is 9.97. The summed E-state index contributed by atoms with van der Waals surface area (Å²) in [7, 11) is 0. The van der Waals surface area contributed by atoms with Crippen LogP contribution >= 0.6 is 27.7 Å². The molecule has 0 aliphatic rings. The molecule has 0 radical (unpaired) electrons. The summed E-state index contributed by atoms with van der Waals surface area (Å²) < 4.78 is 1.17. The van der Waals surface area contributed by atoms with Crippen LogP contribution in [0.1, 0.15) is 12.6 Å². The van der Waals surface area contributed by atoms with Crippen LogP contribution < -0.4 is 0 Å². The van der Waals surface area contributed by atoms with E-state index in [-0.39, 0.29) is 0 Å². The Morgan fingerprint density at radius 1 is 1.43 bits per heavy atom. The molecule has 2 aromatic rings. The van der Waals surface area contributed by atoms with E-state index in [1.165, 1.54) is 21.1 Å². The molecule has 0 atom stereocenters. The van der Waals surface area contributed by atoms with Crippen LogP contribution in [0.4, 0.5) is 0 Å². The Bertz CT molecular complexity index is 436. The standard InChI is InChI=1S/C11H12BrNS/c1-2-14-7-8-6-9-10(12)4-3-5-11(9)13-8/h3-6,13H,2,7H2,1H3. The molecule has 0 saturated carbocycles. The number of benzene rings is 1. The molecular weight excluding hydrogens is 258 g/mol. The Kier molecular flexibility index (Phi) is 3.19. The van der Waals surface area contributed by atoms with Gasteiger partial charge in [-0.1, -0.05) is 28.9 Å². The quantitative estimate of drug-likeness (QED) is 0.884. The van der Waals surface area contributed by atoms with E-state index >= 15 is 0 Å². The highest BCUT2D eigenvalue weighted by atomic mass is 79.9. The average Bonchev–Trinajstić information content (AvgIpc) is 2.59. The summed E-state index contributed by atoms with van der Waals surface area (Å²) in [5, 5.41) is 1.28. The van der Waals surface area contributed by atoms with Crippen LogP contribution in [0.15, 0.2) is 28.7 Å². The summed E-state index contributed by atoms with van der Waals surface area (Å²) in [6.45, 7) is 2.18. The van der Waals surface area contributed by atoms with Gasteiger partial charge in [-0.3, -0.25) is 0 Å². The van der Waals surface area contributed by atoms with Crippen LogP contribution in [0.5, 0.6) is 0 Å². The monoisotopic (exact) mass is 269 g/mol. The van der Waals surface area contributed by atoms with E-state index in [0.717, 1.165) is 11.5 Å². The summed E-state index contributed by atoms with van der Waals surface area (Å²) in [6.07, 6.45) is 0. The predicted octanol–water partition coefficient (Wildman–Crippen LogP) is 4.18. The Morgan fingerprint density at radius 2 is 2.29 bits per heavy atom. The zero-order valence-corrected chi connectivity index (χ0v) is 10.4. The Balaban J connectivity index is 2.36. The molecular formula is C11H12BrNS. The number of hydrogen-bond acceptors (Lipinski definition) is 1. The lowest BCUT2D eigenvalue weighted by molar-refractivity contribution is 1.26. The number of rotatable bonds is 3. The molecule has 3 heteroatoms. The molecule has 0 bridgehead atoms. The van der Waals surface area contributed by atoms with Gasteiger partial charge in [-0.15, -0.1) is 0 Å². The molecule has 0 aliphatic heterocycles. The smallest absolute Gasteiger partial charge is 0.0467 e. The van der Waals surface area contributed by atoms with Crippen LogP contribution in [0.2, 0.25) is 0 Å². The third-order valence-electron chi connectivity index (χ3n) is 2.13. The second-order valence-electron chi connectivity index (χ2n) is 3.13. The maximum Gasteiger partial charge on any atom is 0.0467 e. The summed E-state index contributed by atoms with van der Waals surface area (Å²) >= 11 is 5.49. The van der Waals surface area contributed by atoms with Gasteiger partial charge in [0.1, 0.15) is 0 Å². The summed E-state index contributed by atoms with van der Waals surface area (Å²) in [5.41, 5.74) is 2.52. The molecule has 74 valence electrons. The summed E-state index contributed by atoms with van der Waals surface area (Å²) in [4.78, 5) is 3.42. The first kappa shape index (κ1) is 10.1. The van der Waals surface area contributed by atoms with Crippen molar-refractivity contribution in [3.05, 3.63) is 34.4 Å². The van der Waals surface area contributed by atoms with Crippen molar-refractivity contribution < 1.29 is 0 Å². The van der Waals surface area contributed by atoms with Gasteiger partial charge in [-0.05, 0) is 24.0 Å². The topological polar surface area (TPSA) is 15.8 Å². The molecule has 0 saturated heterocycles. The average molecular weight is 270 g/mol. The number of halogens is 1. The number of nitrogens with one attached hydrogen (secondary N) is 1. The third kappa shape index (κ3) is 1.98. The molecule has 0 fully saturated rings. The third-order valence-corrected chi connectivity index (χ3v) is 3.74. The minimum Gasteiger partial charge on any atom is -0.358 e. The van der Waals surface area contributed by atoms with Gasteiger partial charge in [0.2, 0.25) is 0 Å². The van der Waals surface area contributed by atoms with E-state index in [2.05, 4.69) is 52.1 Å². The zero-order valence-electron chi connectivity index (χ0n) is 8.01. The Hall–Kier alpha value is -0.410. The normalized spacial score (nSPS) is 11.0. The molecule has 1 heterocycles. The first-order chi connectivity index (χ1) is 6.81. The van der Waals surface area contributed by atoms with Gasteiger partial charge >= 0.3 is 0 Å². The van der Waals surface area contributed by atoms with Gasteiger partial charge in [0.05, 0.1) is 0 Å². The Morgan fingerprint density at radius 3 is 3.00 bits per heavy atom. The second-order valence-corrected chi connectivity index (χ2v) is 5.26.